The van der Waals surface area contributed by atoms with E-state index in [2.05, 4.69) is 5.32 Å². The predicted octanol–water partition coefficient (Wildman–Crippen LogP) is 2.58. The molecule has 0 radical (unpaired) electrons. The fourth-order valence-corrected chi connectivity index (χ4v) is 2.09. The second-order valence-electron chi connectivity index (χ2n) is 5.05. The van der Waals surface area contributed by atoms with Gasteiger partial charge in [-0.1, -0.05) is 29.8 Å². The van der Waals surface area contributed by atoms with Crippen LogP contribution in [-0.2, 0) is 0 Å². The largest absolute Gasteiger partial charge is 0.366 e. The highest BCUT2D eigenvalue weighted by molar-refractivity contribution is 5.94. The van der Waals surface area contributed by atoms with Crippen LogP contribution in [0.5, 0.6) is 0 Å². The molecule has 4 nitrogen and oxygen atoms in total. The topological polar surface area (TPSA) is 72.2 Å². The number of rotatable bonds is 4. The number of hydrogen-bond donors (Lipinski definition) is 2. The Kier molecular flexibility index (Phi) is 4.38. The smallest absolute Gasteiger partial charge is 0.251 e. The van der Waals surface area contributed by atoms with Crippen LogP contribution in [-0.4, -0.2) is 11.8 Å². The maximum absolute atomic E-state index is 12.2. The summed E-state index contributed by atoms with van der Waals surface area (Å²) in [5, 5.41) is 2.93. The van der Waals surface area contributed by atoms with Crippen molar-refractivity contribution in [3.8, 4) is 0 Å². The number of hydrogen-bond acceptors (Lipinski definition) is 2. The van der Waals surface area contributed by atoms with Gasteiger partial charge in [-0.05, 0) is 43.7 Å². The number of primary amides is 1. The highest BCUT2D eigenvalue weighted by Gasteiger charge is 2.12. The molecule has 3 N–H and O–H groups in total. The quantitative estimate of drug-likeness (QED) is 0.904. The zero-order chi connectivity index (χ0) is 15.4. The number of aryl methyl sites for hydroxylation is 1. The van der Waals surface area contributed by atoms with Crippen molar-refractivity contribution >= 4 is 11.8 Å². The summed E-state index contributed by atoms with van der Waals surface area (Å²) in [6.45, 7) is 3.84. The summed E-state index contributed by atoms with van der Waals surface area (Å²) in [5.74, 6) is -0.580. The number of benzene rings is 2. The van der Waals surface area contributed by atoms with Crippen molar-refractivity contribution in [1.29, 1.82) is 0 Å². The Hall–Kier alpha value is -2.62. The molecular formula is C17H18N2O2. The van der Waals surface area contributed by atoms with Crippen LogP contribution in [0.15, 0.2) is 48.5 Å². The number of amides is 2. The van der Waals surface area contributed by atoms with E-state index in [4.69, 9.17) is 5.73 Å². The monoisotopic (exact) mass is 282 g/mol. The first-order valence-corrected chi connectivity index (χ1v) is 6.74. The van der Waals surface area contributed by atoms with E-state index in [9.17, 15) is 9.59 Å². The normalized spacial score (nSPS) is 11.7. The van der Waals surface area contributed by atoms with Gasteiger partial charge in [0.05, 0.1) is 6.04 Å². The lowest BCUT2D eigenvalue weighted by molar-refractivity contribution is 0.0938. The summed E-state index contributed by atoms with van der Waals surface area (Å²) in [6, 6.07) is 14.2. The molecule has 0 heterocycles. The van der Waals surface area contributed by atoms with E-state index in [1.54, 1.807) is 30.3 Å². The van der Waals surface area contributed by atoms with Crippen LogP contribution < -0.4 is 11.1 Å². The van der Waals surface area contributed by atoms with Crippen LogP contribution in [0.4, 0.5) is 0 Å². The molecule has 0 saturated heterocycles. The molecular weight excluding hydrogens is 264 g/mol. The van der Waals surface area contributed by atoms with Crippen LogP contribution in [0.2, 0.25) is 0 Å². The zero-order valence-electron chi connectivity index (χ0n) is 12.1. The van der Waals surface area contributed by atoms with Gasteiger partial charge in [-0.2, -0.15) is 0 Å². The molecule has 0 aliphatic heterocycles. The van der Waals surface area contributed by atoms with Crippen LogP contribution in [0.25, 0.3) is 0 Å². The fourth-order valence-electron chi connectivity index (χ4n) is 2.09. The van der Waals surface area contributed by atoms with Gasteiger partial charge in [0.25, 0.3) is 5.91 Å². The number of carbonyl (C=O) groups is 2. The van der Waals surface area contributed by atoms with Crippen molar-refractivity contribution < 1.29 is 9.59 Å². The molecule has 2 amide bonds. The van der Waals surface area contributed by atoms with E-state index in [1.165, 1.54) is 0 Å². The summed E-state index contributed by atoms with van der Waals surface area (Å²) >= 11 is 0. The Morgan fingerprint density at radius 3 is 2.29 bits per heavy atom. The number of nitrogens with one attached hydrogen (secondary N) is 1. The SMILES string of the molecule is Cc1cccc(C(=O)NC(C)c2ccc(C(N)=O)cc2)c1. The Morgan fingerprint density at radius 1 is 1.05 bits per heavy atom. The molecule has 0 spiro atoms. The predicted molar refractivity (Wildman–Crippen MR) is 82.0 cm³/mol. The maximum atomic E-state index is 12.2. The molecule has 2 rings (SSSR count). The van der Waals surface area contributed by atoms with Crippen molar-refractivity contribution in [1.82, 2.24) is 5.32 Å². The molecule has 1 unspecified atom stereocenters. The Bertz CT molecular complexity index is 663. The molecule has 108 valence electrons. The first-order chi connectivity index (χ1) is 9.97. The lowest BCUT2D eigenvalue weighted by Gasteiger charge is -2.15. The molecule has 0 aliphatic rings. The van der Waals surface area contributed by atoms with Gasteiger partial charge in [0.15, 0.2) is 0 Å². The van der Waals surface area contributed by atoms with Gasteiger partial charge in [0, 0.05) is 11.1 Å². The molecule has 0 fully saturated rings. The minimum Gasteiger partial charge on any atom is -0.366 e. The van der Waals surface area contributed by atoms with Gasteiger partial charge < -0.3 is 11.1 Å². The van der Waals surface area contributed by atoms with Gasteiger partial charge >= 0.3 is 0 Å². The molecule has 0 aliphatic carbocycles. The summed E-state index contributed by atoms with van der Waals surface area (Å²) in [6.07, 6.45) is 0. The third kappa shape index (κ3) is 3.69. The van der Waals surface area contributed by atoms with Gasteiger partial charge in [0.1, 0.15) is 0 Å². The van der Waals surface area contributed by atoms with Gasteiger partial charge in [-0.15, -0.1) is 0 Å². The molecule has 21 heavy (non-hydrogen) atoms. The zero-order valence-corrected chi connectivity index (χ0v) is 12.1. The van der Waals surface area contributed by atoms with E-state index in [1.807, 2.05) is 32.0 Å². The first kappa shape index (κ1) is 14.8. The van der Waals surface area contributed by atoms with Crippen molar-refractivity contribution in [2.24, 2.45) is 5.73 Å². The van der Waals surface area contributed by atoms with E-state index >= 15 is 0 Å². The third-order valence-electron chi connectivity index (χ3n) is 3.32. The molecule has 0 aromatic heterocycles. The van der Waals surface area contributed by atoms with Crippen molar-refractivity contribution in [2.45, 2.75) is 19.9 Å². The van der Waals surface area contributed by atoms with Gasteiger partial charge in [0.2, 0.25) is 5.91 Å². The Balaban J connectivity index is 2.08. The average molecular weight is 282 g/mol. The lowest BCUT2D eigenvalue weighted by atomic mass is 10.0. The van der Waals surface area contributed by atoms with Crippen molar-refractivity contribution in [2.75, 3.05) is 0 Å². The maximum Gasteiger partial charge on any atom is 0.251 e. The molecule has 2 aromatic carbocycles. The van der Waals surface area contributed by atoms with Crippen LogP contribution >= 0.6 is 0 Å². The summed E-state index contributed by atoms with van der Waals surface area (Å²) in [4.78, 5) is 23.2. The van der Waals surface area contributed by atoms with Crippen LogP contribution in [0, 0.1) is 6.92 Å². The average Bonchev–Trinajstić information content (AvgIpc) is 2.47. The Morgan fingerprint density at radius 2 is 1.71 bits per heavy atom. The molecule has 0 bridgehead atoms. The van der Waals surface area contributed by atoms with Gasteiger partial charge in [-0.3, -0.25) is 9.59 Å². The summed E-state index contributed by atoms with van der Waals surface area (Å²) in [5.41, 5.74) is 8.25. The van der Waals surface area contributed by atoms with E-state index in [0.29, 0.717) is 11.1 Å². The molecule has 2 aromatic rings. The molecule has 0 saturated carbocycles. The van der Waals surface area contributed by atoms with Crippen molar-refractivity contribution in [3.63, 3.8) is 0 Å². The second kappa shape index (κ2) is 6.22. The Labute approximate surface area is 124 Å². The fraction of sp³-hybridized carbons (Fsp3) is 0.176. The standard InChI is InChI=1S/C17H18N2O2/c1-11-4-3-5-15(10-11)17(21)19-12(2)13-6-8-14(9-7-13)16(18)20/h3-10,12H,1-2H3,(H2,18,20)(H,19,21). The minimum absolute atomic E-state index is 0.120. The van der Waals surface area contributed by atoms with Gasteiger partial charge in [-0.25, -0.2) is 0 Å². The number of carbonyl (C=O) groups excluding carboxylic acids is 2. The summed E-state index contributed by atoms with van der Waals surface area (Å²) in [7, 11) is 0. The first-order valence-electron chi connectivity index (χ1n) is 6.74. The van der Waals surface area contributed by atoms with E-state index < -0.39 is 5.91 Å². The summed E-state index contributed by atoms with van der Waals surface area (Å²) < 4.78 is 0. The lowest BCUT2D eigenvalue weighted by Crippen LogP contribution is -2.26. The minimum atomic E-state index is -0.460. The number of nitrogens with two attached hydrogens (primary N) is 1. The van der Waals surface area contributed by atoms with Crippen LogP contribution in [0.1, 0.15) is 44.8 Å². The van der Waals surface area contributed by atoms with Crippen molar-refractivity contribution in [3.05, 3.63) is 70.8 Å². The highest BCUT2D eigenvalue weighted by atomic mass is 16.2. The van der Waals surface area contributed by atoms with E-state index in [0.717, 1.165) is 11.1 Å². The highest BCUT2D eigenvalue weighted by Crippen LogP contribution is 2.14. The molecule has 4 heteroatoms. The van der Waals surface area contributed by atoms with E-state index in [-0.39, 0.29) is 11.9 Å². The molecule has 1 atom stereocenters. The van der Waals surface area contributed by atoms with Crippen LogP contribution in [0.3, 0.4) is 0 Å². The second-order valence-corrected chi connectivity index (χ2v) is 5.05. The third-order valence-corrected chi connectivity index (χ3v) is 3.32.